The second kappa shape index (κ2) is 7.23. The van der Waals surface area contributed by atoms with Gasteiger partial charge in [-0.15, -0.1) is 0 Å². The molecule has 0 saturated heterocycles. The van der Waals surface area contributed by atoms with E-state index < -0.39 is 30.0 Å². The van der Waals surface area contributed by atoms with Crippen molar-refractivity contribution in [1.82, 2.24) is 5.32 Å². The molecule has 0 rings (SSSR count). The summed E-state index contributed by atoms with van der Waals surface area (Å²) in [5, 5.41) is 1.64. The molecule has 0 spiro atoms. The average molecular weight is 269 g/mol. The van der Waals surface area contributed by atoms with E-state index in [9.17, 15) is 22.8 Å². The lowest BCUT2D eigenvalue weighted by atomic mass is 10.0. The van der Waals surface area contributed by atoms with Crippen LogP contribution < -0.4 is 5.32 Å². The largest absolute Gasteiger partial charge is 0.471 e. The second-order valence-electron chi connectivity index (χ2n) is 4.21. The maximum absolute atomic E-state index is 12.1. The van der Waals surface area contributed by atoms with E-state index in [1.807, 2.05) is 6.92 Å². The summed E-state index contributed by atoms with van der Waals surface area (Å²) in [6.07, 6.45) is -3.57. The number of rotatable bonds is 6. The first kappa shape index (κ1) is 16.7. The summed E-state index contributed by atoms with van der Waals surface area (Å²) in [5.41, 5.74) is 0. The maximum Gasteiger partial charge on any atom is 0.471 e. The van der Waals surface area contributed by atoms with Crippen molar-refractivity contribution < 1.29 is 27.5 Å². The summed E-state index contributed by atoms with van der Waals surface area (Å²) in [4.78, 5) is 22.3. The number of nitrogens with one attached hydrogen (secondary N) is 1. The highest BCUT2D eigenvalue weighted by molar-refractivity contribution is 5.87. The molecule has 0 aromatic rings. The van der Waals surface area contributed by atoms with Gasteiger partial charge in [-0.3, -0.25) is 4.79 Å². The van der Waals surface area contributed by atoms with Crippen molar-refractivity contribution in [1.29, 1.82) is 0 Å². The molecule has 106 valence electrons. The van der Waals surface area contributed by atoms with Crippen molar-refractivity contribution in [2.24, 2.45) is 5.92 Å². The standard InChI is InChI=1S/C11H18F3NO3/c1-4-5-6-18-9(16)8(7(2)3)15-10(17)11(12,13)14/h7-8H,4-6H2,1-3H3,(H,15,17). The monoisotopic (exact) mass is 269 g/mol. The molecule has 0 aliphatic carbocycles. The molecule has 0 heterocycles. The molecule has 1 amide bonds. The molecule has 0 fully saturated rings. The van der Waals surface area contributed by atoms with Crippen molar-refractivity contribution in [3.8, 4) is 0 Å². The third-order valence-corrected chi connectivity index (χ3v) is 2.21. The van der Waals surface area contributed by atoms with Gasteiger partial charge in [0.05, 0.1) is 6.61 Å². The number of hydrogen-bond donors (Lipinski definition) is 1. The molecule has 0 aliphatic heterocycles. The minimum Gasteiger partial charge on any atom is -0.464 e. The Hall–Kier alpha value is -1.27. The van der Waals surface area contributed by atoms with E-state index in [-0.39, 0.29) is 6.61 Å². The number of alkyl halides is 3. The van der Waals surface area contributed by atoms with E-state index in [2.05, 4.69) is 0 Å². The predicted molar refractivity (Wildman–Crippen MR) is 58.7 cm³/mol. The van der Waals surface area contributed by atoms with E-state index in [1.54, 1.807) is 5.32 Å². The Morgan fingerprint density at radius 3 is 2.22 bits per heavy atom. The predicted octanol–water partition coefficient (Wildman–Crippen LogP) is 2.03. The van der Waals surface area contributed by atoms with Gasteiger partial charge in [-0.1, -0.05) is 27.2 Å². The summed E-state index contributed by atoms with van der Waals surface area (Å²) in [6.45, 7) is 5.09. The summed E-state index contributed by atoms with van der Waals surface area (Å²) < 4.78 is 41.0. The van der Waals surface area contributed by atoms with Crippen molar-refractivity contribution >= 4 is 11.9 Å². The van der Waals surface area contributed by atoms with Crippen LogP contribution in [0.1, 0.15) is 33.6 Å². The molecule has 0 aliphatic rings. The lowest BCUT2D eigenvalue weighted by Crippen LogP contribution is -2.50. The van der Waals surface area contributed by atoms with Gasteiger partial charge in [0.1, 0.15) is 6.04 Å². The van der Waals surface area contributed by atoms with Crippen molar-refractivity contribution in [2.45, 2.75) is 45.8 Å². The third-order valence-electron chi connectivity index (χ3n) is 2.21. The van der Waals surface area contributed by atoms with Crippen LogP contribution >= 0.6 is 0 Å². The first-order valence-electron chi connectivity index (χ1n) is 5.74. The van der Waals surface area contributed by atoms with E-state index in [0.29, 0.717) is 6.42 Å². The molecule has 7 heteroatoms. The van der Waals surface area contributed by atoms with Crippen LogP contribution in [0.2, 0.25) is 0 Å². The van der Waals surface area contributed by atoms with Gasteiger partial charge in [-0.2, -0.15) is 13.2 Å². The van der Waals surface area contributed by atoms with Crippen LogP contribution in [0.15, 0.2) is 0 Å². The maximum atomic E-state index is 12.1. The van der Waals surface area contributed by atoms with Crippen LogP contribution in [0.25, 0.3) is 0 Å². The number of esters is 1. The van der Waals surface area contributed by atoms with Crippen molar-refractivity contribution in [3.63, 3.8) is 0 Å². The van der Waals surface area contributed by atoms with Gasteiger partial charge >= 0.3 is 18.1 Å². The van der Waals surface area contributed by atoms with E-state index in [0.717, 1.165) is 6.42 Å². The zero-order valence-electron chi connectivity index (χ0n) is 10.6. The molecule has 0 aromatic carbocycles. The number of carbonyl (C=O) groups is 2. The molecular formula is C11H18F3NO3. The Morgan fingerprint density at radius 2 is 1.83 bits per heavy atom. The van der Waals surface area contributed by atoms with Gasteiger partial charge in [0.2, 0.25) is 0 Å². The van der Waals surface area contributed by atoms with Gasteiger partial charge in [0.25, 0.3) is 0 Å². The molecule has 1 N–H and O–H groups in total. The fourth-order valence-electron chi connectivity index (χ4n) is 1.13. The lowest BCUT2D eigenvalue weighted by Gasteiger charge is -2.21. The normalized spacial score (nSPS) is 13.3. The quantitative estimate of drug-likeness (QED) is 0.593. The van der Waals surface area contributed by atoms with Crippen molar-refractivity contribution in [2.75, 3.05) is 6.61 Å². The van der Waals surface area contributed by atoms with Crippen molar-refractivity contribution in [3.05, 3.63) is 0 Å². The molecule has 0 bridgehead atoms. The third kappa shape index (κ3) is 5.88. The Kier molecular flexibility index (Phi) is 6.72. The number of halogens is 3. The number of carbonyl (C=O) groups excluding carboxylic acids is 2. The molecular weight excluding hydrogens is 251 g/mol. The van der Waals surface area contributed by atoms with Crippen LogP contribution in [0.4, 0.5) is 13.2 Å². The molecule has 0 radical (unpaired) electrons. The zero-order chi connectivity index (χ0) is 14.3. The van der Waals surface area contributed by atoms with Gasteiger partial charge in [-0.25, -0.2) is 4.79 Å². The van der Waals surface area contributed by atoms with Gasteiger partial charge in [-0.05, 0) is 12.3 Å². The molecule has 4 nitrogen and oxygen atoms in total. The highest BCUT2D eigenvalue weighted by Crippen LogP contribution is 2.16. The molecule has 0 aromatic heterocycles. The minimum atomic E-state index is -5.00. The summed E-state index contributed by atoms with van der Waals surface area (Å²) >= 11 is 0. The number of amides is 1. The number of unbranched alkanes of at least 4 members (excludes halogenated alkanes) is 1. The number of ether oxygens (including phenoxy) is 1. The van der Waals surface area contributed by atoms with Crippen LogP contribution in [0.3, 0.4) is 0 Å². The minimum absolute atomic E-state index is 0.139. The fourth-order valence-corrected chi connectivity index (χ4v) is 1.13. The highest BCUT2D eigenvalue weighted by atomic mass is 19.4. The van der Waals surface area contributed by atoms with Crippen LogP contribution in [0.5, 0.6) is 0 Å². The Balaban J connectivity index is 4.48. The molecule has 18 heavy (non-hydrogen) atoms. The Morgan fingerprint density at radius 1 is 1.28 bits per heavy atom. The highest BCUT2D eigenvalue weighted by Gasteiger charge is 2.41. The van der Waals surface area contributed by atoms with E-state index in [4.69, 9.17) is 4.74 Å². The van der Waals surface area contributed by atoms with Crippen LogP contribution in [-0.2, 0) is 14.3 Å². The Labute approximate surface area is 104 Å². The topological polar surface area (TPSA) is 55.4 Å². The first-order chi connectivity index (χ1) is 8.20. The summed E-state index contributed by atoms with van der Waals surface area (Å²) in [5.74, 6) is -3.45. The number of hydrogen-bond acceptors (Lipinski definition) is 3. The summed E-state index contributed by atoms with van der Waals surface area (Å²) in [7, 11) is 0. The smallest absolute Gasteiger partial charge is 0.464 e. The lowest BCUT2D eigenvalue weighted by molar-refractivity contribution is -0.176. The Bertz CT molecular complexity index is 290. The fraction of sp³-hybridized carbons (Fsp3) is 0.818. The molecule has 0 saturated carbocycles. The average Bonchev–Trinajstić information content (AvgIpc) is 2.23. The second-order valence-corrected chi connectivity index (χ2v) is 4.21. The SMILES string of the molecule is CCCCOC(=O)C(NC(=O)C(F)(F)F)C(C)C. The van der Waals surface area contributed by atoms with Gasteiger partial charge < -0.3 is 10.1 Å². The molecule has 1 unspecified atom stereocenters. The van der Waals surface area contributed by atoms with Gasteiger partial charge in [0.15, 0.2) is 0 Å². The van der Waals surface area contributed by atoms with Gasteiger partial charge in [0, 0.05) is 0 Å². The first-order valence-corrected chi connectivity index (χ1v) is 5.74. The van der Waals surface area contributed by atoms with Crippen LogP contribution in [-0.4, -0.2) is 30.7 Å². The van der Waals surface area contributed by atoms with E-state index >= 15 is 0 Å². The van der Waals surface area contributed by atoms with Crippen LogP contribution in [0, 0.1) is 5.92 Å². The summed E-state index contributed by atoms with van der Waals surface area (Å²) in [6, 6.07) is -1.28. The zero-order valence-corrected chi connectivity index (χ0v) is 10.6. The molecule has 1 atom stereocenters. The van der Waals surface area contributed by atoms with E-state index in [1.165, 1.54) is 13.8 Å².